The predicted octanol–water partition coefficient (Wildman–Crippen LogP) is 0.417. The van der Waals surface area contributed by atoms with Crippen molar-refractivity contribution in [2.24, 2.45) is 0 Å². The van der Waals surface area contributed by atoms with Gasteiger partial charge in [0.1, 0.15) is 0 Å². The molecule has 2 rings (SSSR count). The van der Waals surface area contributed by atoms with Gasteiger partial charge in [-0.2, -0.15) is 4.31 Å². The second-order valence-electron chi connectivity index (χ2n) is 5.39. The summed E-state index contributed by atoms with van der Waals surface area (Å²) in [5.74, 6) is -0.233. The highest BCUT2D eigenvalue weighted by Crippen LogP contribution is 2.19. The Kier molecular flexibility index (Phi) is 4.65. The number of rotatable bonds is 3. The highest BCUT2D eigenvalue weighted by molar-refractivity contribution is 7.89. The summed E-state index contributed by atoms with van der Waals surface area (Å²) in [6.07, 6.45) is 0. The summed E-state index contributed by atoms with van der Waals surface area (Å²) in [6.45, 7) is 4.83. The first-order chi connectivity index (χ1) is 9.84. The van der Waals surface area contributed by atoms with Crippen LogP contribution in [0.1, 0.15) is 24.2 Å². The van der Waals surface area contributed by atoms with Gasteiger partial charge < -0.3 is 10.6 Å². The summed E-state index contributed by atoms with van der Waals surface area (Å²) < 4.78 is 26.7. The number of carbonyl (C=O) groups excluding carboxylic acids is 1. The molecule has 1 heterocycles. The standard InChI is InChI=1S/C14H21N3O3S/c1-10-8-17(9-11(2)16-10)21(19,20)13-6-4-12(5-7-13)14(18)15-3/h4-7,10-11,16H,8-9H2,1-3H3,(H,15,18)/t10-,11-/m1/s1. The van der Waals surface area contributed by atoms with Crippen molar-refractivity contribution in [2.45, 2.75) is 30.8 Å². The predicted molar refractivity (Wildman–Crippen MR) is 80.7 cm³/mol. The second kappa shape index (κ2) is 6.13. The van der Waals surface area contributed by atoms with Gasteiger partial charge in [-0.25, -0.2) is 8.42 Å². The Labute approximate surface area is 125 Å². The first kappa shape index (κ1) is 15.9. The molecule has 0 unspecified atom stereocenters. The molecule has 6 nitrogen and oxygen atoms in total. The van der Waals surface area contributed by atoms with Crippen LogP contribution in [-0.4, -0.2) is 50.9 Å². The number of amides is 1. The van der Waals surface area contributed by atoms with E-state index in [1.807, 2.05) is 13.8 Å². The Hall–Kier alpha value is -1.44. The molecule has 0 radical (unpaired) electrons. The summed E-state index contributed by atoms with van der Waals surface area (Å²) in [5, 5.41) is 5.81. The number of hydrogen-bond acceptors (Lipinski definition) is 4. The molecule has 116 valence electrons. The number of sulfonamides is 1. The van der Waals surface area contributed by atoms with Gasteiger partial charge >= 0.3 is 0 Å². The average Bonchev–Trinajstić information content (AvgIpc) is 2.45. The number of benzene rings is 1. The van der Waals surface area contributed by atoms with Crippen molar-refractivity contribution in [1.29, 1.82) is 0 Å². The van der Waals surface area contributed by atoms with Crippen LogP contribution in [0.5, 0.6) is 0 Å². The molecule has 1 aliphatic heterocycles. The molecule has 1 amide bonds. The van der Waals surface area contributed by atoms with E-state index in [2.05, 4.69) is 10.6 Å². The Morgan fingerprint density at radius 2 is 1.71 bits per heavy atom. The maximum atomic E-state index is 12.6. The summed E-state index contributed by atoms with van der Waals surface area (Å²) in [4.78, 5) is 11.7. The van der Waals surface area contributed by atoms with E-state index in [-0.39, 0.29) is 22.9 Å². The van der Waals surface area contributed by atoms with Gasteiger partial charge in [-0.05, 0) is 38.1 Å². The van der Waals surface area contributed by atoms with Gasteiger partial charge in [0.25, 0.3) is 5.91 Å². The lowest BCUT2D eigenvalue weighted by Gasteiger charge is -2.35. The minimum atomic E-state index is -3.52. The van der Waals surface area contributed by atoms with Crippen molar-refractivity contribution < 1.29 is 13.2 Å². The Bertz CT molecular complexity index is 603. The van der Waals surface area contributed by atoms with Crippen molar-refractivity contribution in [2.75, 3.05) is 20.1 Å². The Morgan fingerprint density at radius 1 is 1.19 bits per heavy atom. The number of hydrogen-bond donors (Lipinski definition) is 2. The van der Waals surface area contributed by atoms with Crippen LogP contribution in [0.3, 0.4) is 0 Å². The third kappa shape index (κ3) is 3.42. The molecule has 21 heavy (non-hydrogen) atoms. The van der Waals surface area contributed by atoms with E-state index in [9.17, 15) is 13.2 Å². The molecule has 0 aliphatic carbocycles. The maximum Gasteiger partial charge on any atom is 0.251 e. The van der Waals surface area contributed by atoms with Gasteiger partial charge in [-0.15, -0.1) is 0 Å². The lowest BCUT2D eigenvalue weighted by molar-refractivity contribution is 0.0963. The van der Waals surface area contributed by atoms with E-state index in [4.69, 9.17) is 0 Å². The fourth-order valence-electron chi connectivity index (χ4n) is 2.54. The van der Waals surface area contributed by atoms with Crippen molar-refractivity contribution in [3.05, 3.63) is 29.8 Å². The zero-order valence-electron chi connectivity index (χ0n) is 12.5. The van der Waals surface area contributed by atoms with E-state index >= 15 is 0 Å². The maximum absolute atomic E-state index is 12.6. The molecule has 2 N–H and O–H groups in total. The first-order valence-corrected chi connectivity index (χ1v) is 8.37. The van der Waals surface area contributed by atoms with Crippen molar-refractivity contribution >= 4 is 15.9 Å². The molecule has 2 atom stereocenters. The van der Waals surface area contributed by atoms with E-state index in [1.54, 1.807) is 0 Å². The van der Waals surface area contributed by atoms with Crippen LogP contribution in [0, 0.1) is 0 Å². The van der Waals surface area contributed by atoms with Crippen molar-refractivity contribution in [3.63, 3.8) is 0 Å². The van der Waals surface area contributed by atoms with Crippen LogP contribution in [0.15, 0.2) is 29.2 Å². The van der Waals surface area contributed by atoms with Gasteiger partial charge in [-0.1, -0.05) is 0 Å². The van der Waals surface area contributed by atoms with Gasteiger partial charge in [0.15, 0.2) is 0 Å². The SMILES string of the molecule is CNC(=O)c1ccc(S(=O)(=O)N2C[C@@H](C)N[C@H](C)C2)cc1. The highest BCUT2D eigenvalue weighted by Gasteiger charge is 2.31. The third-order valence-corrected chi connectivity index (χ3v) is 5.35. The van der Waals surface area contributed by atoms with E-state index in [0.717, 1.165) is 0 Å². The molecular formula is C14H21N3O3S. The summed E-state index contributed by atoms with van der Waals surface area (Å²) in [6, 6.07) is 6.26. The van der Waals surface area contributed by atoms with Gasteiger partial charge in [0.05, 0.1) is 4.90 Å². The molecule has 1 aromatic carbocycles. The summed E-state index contributed by atoms with van der Waals surface area (Å²) in [7, 11) is -1.98. The lowest BCUT2D eigenvalue weighted by Crippen LogP contribution is -2.55. The molecule has 1 saturated heterocycles. The molecular weight excluding hydrogens is 290 g/mol. The highest BCUT2D eigenvalue weighted by atomic mass is 32.2. The topological polar surface area (TPSA) is 78.5 Å². The molecule has 0 bridgehead atoms. The number of carbonyl (C=O) groups is 1. The molecule has 0 saturated carbocycles. The zero-order valence-corrected chi connectivity index (χ0v) is 13.3. The van der Waals surface area contributed by atoms with Crippen LogP contribution < -0.4 is 10.6 Å². The van der Waals surface area contributed by atoms with Crippen LogP contribution in [0.4, 0.5) is 0 Å². The monoisotopic (exact) mass is 311 g/mol. The minimum Gasteiger partial charge on any atom is -0.355 e. The van der Waals surface area contributed by atoms with Crippen LogP contribution in [-0.2, 0) is 10.0 Å². The number of nitrogens with one attached hydrogen (secondary N) is 2. The van der Waals surface area contributed by atoms with Gasteiger partial charge in [-0.3, -0.25) is 4.79 Å². The molecule has 1 fully saturated rings. The Morgan fingerprint density at radius 3 is 2.19 bits per heavy atom. The van der Waals surface area contributed by atoms with Crippen LogP contribution in [0.2, 0.25) is 0 Å². The van der Waals surface area contributed by atoms with E-state index < -0.39 is 10.0 Å². The Balaban J connectivity index is 2.25. The van der Waals surface area contributed by atoms with E-state index in [1.165, 1.54) is 35.6 Å². The smallest absolute Gasteiger partial charge is 0.251 e. The van der Waals surface area contributed by atoms with Gasteiger partial charge in [0.2, 0.25) is 10.0 Å². The first-order valence-electron chi connectivity index (χ1n) is 6.93. The normalized spacial score (nSPS) is 23.8. The van der Waals surface area contributed by atoms with Crippen LogP contribution in [0.25, 0.3) is 0 Å². The molecule has 1 aliphatic rings. The molecule has 0 aromatic heterocycles. The number of piperazine rings is 1. The molecule has 7 heteroatoms. The summed E-state index contributed by atoms with van der Waals surface area (Å²) in [5.41, 5.74) is 0.443. The summed E-state index contributed by atoms with van der Waals surface area (Å²) >= 11 is 0. The van der Waals surface area contributed by atoms with Crippen molar-refractivity contribution in [3.8, 4) is 0 Å². The zero-order chi connectivity index (χ0) is 15.6. The van der Waals surface area contributed by atoms with Crippen LogP contribution >= 0.6 is 0 Å². The average molecular weight is 311 g/mol. The fourth-order valence-corrected chi connectivity index (χ4v) is 4.16. The van der Waals surface area contributed by atoms with E-state index in [0.29, 0.717) is 18.7 Å². The number of nitrogens with zero attached hydrogens (tertiary/aromatic N) is 1. The minimum absolute atomic E-state index is 0.119. The molecule has 0 spiro atoms. The third-order valence-electron chi connectivity index (χ3n) is 3.51. The second-order valence-corrected chi connectivity index (χ2v) is 7.33. The fraction of sp³-hybridized carbons (Fsp3) is 0.500. The quantitative estimate of drug-likeness (QED) is 0.848. The molecule has 1 aromatic rings. The van der Waals surface area contributed by atoms with Gasteiger partial charge in [0, 0.05) is 37.8 Å². The lowest BCUT2D eigenvalue weighted by atomic mass is 10.2. The van der Waals surface area contributed by atoms with Crippen molar-refractivity contribution in [1.82, 2.24) is 14.9 Å². The largest absolute Gasteiger partial charge is 0.355 e.